The zero-order valence-electron chi connectivity index (χ0n) is 19.0. The normalized spacial score (nSPS) is 21.5. The average Bonchev–Trinajstić information content (AvgIpc) is 3.37. The Morgan fingerprint density at radius 2 is 1.91 bits per heavy atom. The van der Waals surface area contributed by atoms with Crippen LogP contribution in [0.5, 0.6) is 0 Å². The number of anilines is 1. The number of amides is 1. The van der Waals surface area contributed by atoms with Crippen molar-refractivity contribution >= 4 is 28.3 Å². The van der Waals surface area contributed by atoms with Crippen molar-refractivity contribution in [3.8, 4) is 0 Å². The fourth-order valence-electron chi connectivity index (χ4n) is 4.98. The van der Waals surface area contributed by atoms with Crippen LogP contribution < -0.4 is 11.1 Å². The van der Waals surface area contributed by atoms with Gasteiger partial charge in [0.15, 0.2) is 5.78 Å². The van der Waals surface area contributed by atoms with Gasteiger partial charge < -0.3 is 20.9 Å². The first-order valence-corrected chi connectivity index (χ1v) is 11.7. The van der Waals surface area contributed by atoms with Gasteiger partial charge in [0.1, 0.15) is 6.04 Å². The zero-order valence-corrected chi connectivity index (χ0v) is 19.0. The third kappa shape index (κ3) is 4.15. The molecular weight excluding hydrogens is 426 g/mol. The number of nitrogens with one attached hydrogen (secondary N) is 2. The number of aromatic amines is 1. The molecule has 7 heteroatoms. The number of allylic oxidation sites excluding steroid dienone is 3. The first-order valence-electron chi connectivity index (χ1n) is 11.7. The molecule has 1 aliphatic carbocycles. The van der Waals surface area contributed by atoms with Gasteiger partial charge in [-0.2, -0.15) is 0 Å². The maximum absolute atomic E-state index is 13.8. The molecule has 0 spiro atoms. The summed E-state index contributed by atoms with van der Waals surface area (Å²) in [6.45, 7) is 1.21. The largest absolute Gasteiger partial charge is 0.382 e. The topological polar surface area (TPSA) is 104 Å². The highest BCUT2D eigenvalue weighted by Crippen LogP contribution is 2.37. The van der Waals surface area contributed by atoms with Gasteiger partial charge in [-0.15, -0.1) is 0 Å². The van der Waals surface area contributed by atoms with Gasteiger partial charge in [0.25, 0.3) is 0 Å². The Hall–Kier alpha value is -3.71. The van der Waals surface area contributed by atoms with Crippen molar-refractivity contribution in [3.05, 3.63) is 84.9 Å². The third-order valence-corrected chi connectivity index (χ3v) is 7.02. The molecule has 1 aliphatic heterocycles. The van der Waals surface area contributed by atoms with E-state index in [0.29, 0.717) is 25.1 Å². The summed E-state index contributed by atoms with van der Waals surface area (Å²) in [4.78, 5) is 36.3. The number of carbonyl (C=O) groups excluding carboxylic acids is 2. The lowest BCUT2D eigenvalue weighted by atomic mass is 9.69. The van der Waals surface area contributed by atoms with Crippen LogP contribution >= 0.6 is 0 Å². The highest BCUT2D eigenvalue weighted by Gasteiger charge is 2.47. The first kappa shape index (κ1) is 22.1. The van der Waals surface area contributed by atoms with Gasteiger partial charge in [-0.25, -0.2) is 0 Å². The van der Waals surface area contributed by atoms with Crippen molar-refractivity contribution in [2.24, 2.45) is 11.1 Å². The molecule has 0 bridgehead atoms. The quantitative estimate of drug-likeness (QED) is 0.492. The number of benzene rings is 1. The molecule has 4 N–H and O–H groups in total. The number of aromatic nitrogens is 2. The lowest BCUT2D eigenvalue weighted by Crippen LogP contribution is -2.57. The van der Waals surface area contributed by atoms with Crippen molar-refractivity contribution in [3.63, 3.8) is 0 Å². The second-order valence-electron chi connectivity index (χ2n) is 9.10. The smallest absolute Gasteiger partial charge is 0.240 e. The molecule has 1 saturated heterocycles. The highest BCUT2D eigenvalue weighted by atomic mass is 16.2. The molecular formula is C27H29N5O2. The summed E-state index contributed by atoms with van der Waals surface area (Å²) in [5.74, 6) is -0.295. The van der Waals surface area contributed by atoms with Gasteiger partial charge in [-0.05, 0) is 48.9 Å². The van der Waals surface area contributed by atoms with Crippen molar-refractivity contribution in [2.75, 3.05) is 18.4 Å². The number of pyridine rings is 1. The number of ketones is 1. The standard InChI is InChI=1S/C27H29N5O2/c28-24(26(34)32-16-9-22(10-17-32)31-21-7-13-29-14-8-21)27(11-2-1-3-12-27)25(33)20-5-4-19-6-15-30-23(19)18-20/h1-8,11,13-15,18,22,24,30H,9-10,12,16-17,28H2,(H,29,31)/t24-,27?/m0/s1. The first-order chi connectivity index (χ1) is 16.6. The minimum Gasteiger partial charge on any atom is -0.382 e. The number of carbonyl (C=O) groups is 2. The van der Waals surface area contributed by atoms with Crippen molar-refractivity contribution in [2.45, 2.75) is 31.3 Å². The molecule has 5 rings (SSSR count). The van der Waals surface area contributed by atoms with Crippen LogP contribution in [0.4, 0.5) is 5.69 Å². The molecule has 2 aliphatic rings. The van der Waals surface area contributed by atoms with Crippen LogP contribution in [-0.4, -0.2) is 51.7 Å². The summed E-state index contributed by atoms with van der Waals surface area (Å²) >= 11 is 0. The van der Waals surface area contributed by atoms with E-state index in [1.54, 1.807) is 12.4 Å². The van der Waals surface area contributed by atoms with Gasteiger partial charge >= 0.3 is 0 Å². The number of hydrogen-bond acceptors (Lipinski definition) is 5. The van der Waals surface area contributed by atoms with Crippen LogP contribution in [0.3, 0.4) is 0 Å². The van der Waals surface area contributed by atoms with Gasteiger partial charge in [0, 0.05) is 54.5 Å². The molecule has 3 aromatic rings. The summed E-state index contributed by atoms with van der Waals surface area (Å²) in [5, 5.41) is 4.54. The van der Waals surface area contributed by atoms with E-state index in [-0.39, 0.29) is 17.7 Å². The summed E-state index contributed by atoms with van der Waals surface area (Å²) in [6.07, 6.45) is 14.9. The lowest BCUT2D eigenvalue weighted by molar-refractivity contribution is -0.135. The van der Waals surface area contributed by atoms with Gasteiger partial charge in [-0.1, -0.05) is 36.4 Å². The number of Topliss-reactive ketones (excluding diaryl/α,β-unsaturated/α-hetero) is 1. The predicted molar refractivity (Wildman–Crippen MR) is 133 cm³/mol. The molecule has 34 heavy (non-hydrogen) atoms. The van der Waals surface area contributed by atoms with E-state index in [1.165, 1.54) is 0 Å². The molecule has 1 fully saturated rings. The predicted octanol–water partition coefficient (Wildman–Crippen LogP) is 3.68. The summed E-state index contributed by atoms with van der Waals surface area (Å²) in [5.41, 5.74) is 7.99. The molecule has 2 aromatic heterocycles. The maximum atomic E-state index is 13.8. The van der Waals surface area contributed by atoms with E-state index in [9.17, 15) is 9.59 Å². The second-order valence-corrected chi connectivity index (χ2v) is 9.10. The van der Waals surface area contributed by atoms with E-state index in [0.717, 1.165) is 29.4 Å². The molecule has 1 aromatic carbocycles. The minimum absolute atomic E-state index is 0.125. The monoisotopic (exact) mass is 455 g/mol. The number of nitrogens with two attached hydrogens (primary N) is 1. The Labute approximate surface area is 198 Å². The molecule has 1 unspecified atom stereocenters. The fraction of sp³-hybridized carbons (Fsp3) is 0.296. The van der Waals surface area contributed by atoms with Crippen LogP contribution in [0.2, 0.25) is 0 Å². The minimum atomic E-state index is -1.10. The zero-order chi connectivity index (χ0) is 23.5. The van der Waals surface area contributed by atoms with Crippen LogP contribution in [-0.2, 0) is 4.79 Å². The number of fused-ring (bicyclic) bond motifs is 1. The van der Waals surface area contributed by atoms with Gasteiger partial charge in [0.2, 0.25) is 5.91 Å². The Balaban J connectivity index is 1.31. The number of H-pyrrole nitrogens is 1. The highest BCUT2D eigenvalue weighted by molar-refractivity contribution is 6.07. The summed E-state index contributed by atoms with van der Waals surface area (Å²) < 4.78 is 0. The lowest BCUT2D eigenvalue weighted by Gasteiger charge is -2.39. The number of nitrogens with zero attached hydrogens (tertiary/aromatic N) is 2. The van der Waals surface area contributed by atoms with Crippen molar-refractivity contribution < 1.29 is 9.59 Å². The molecule has 174 valence electrons. The van der Waals surface area contributed by atoms with Gasteiger partial charge in [0.05, 0.1) is 5.41 Å². The SMILES string of the molecule is N[C@@H](C(=O)N1CCC(Nc2ccncc2)CC1)C1(C(=O)c2ccc3cc[nH]c3c2)C=CC=CC1. The number of rotatable bonds is 6. The molecule has 7 nitrogen and oxygen atoms in total. The molecule has 2 atom stereocenters. The Bertz CT molecular complexity index is 1240. The maximum Gasteiger partial charge on any atom is 0.240 e. The summed E-state index contributed by atoms with van der Waals surface area (Å²) in [6, 6.07) is 10.8. The molecule has 1 amide bonds. The average molecular weight is 456 g/mol. The van der Waals surface area contributed by atoms with Gasteiger partial charge in [-0.3, -0.25) is 14.6 Å². The Kier molecular flexibility index (Phi) is 6.02. The number of hydrogen-bond donors (Lipinski definition) is 3. The van der Waals surface area contributed by atoms with Crippen LogP contribution in [0.15, 0.2) is 79.3 Å². The summed E-state index contributed by atoms with van der Waals surface area (Å²) in [7, 11) is 0. The third-order valence-electron chi connectivity index (χ3n) is 7.02. The van der Waals surface area contributed by atoms with E-state index in [1.807, 2.05) is 71.8 Å². The Morgan fingerprint density at radius 1 is 1.12 bits per heavy atom. The van der Waals surface area contributed by atoms with Crippen LogP contribution in [0.25, 0.3) is 10.9 Å². The fourth-order valence-corrected chi connectivity index (χ4v) is 4.98. The van der Waals surface area contributed by atoms with E-state index >= 15 is 0 Å². The Morgan fingerprint density at radius 3 is 2.65 bits per heavy atom. The van der Waals surface area contributed by atoms with Crippen LogP contribution in [0, 0.1) is 5.41 Å². The molecule has 0 radical (unpaired) electrons. The van der Waals surface area contributed by atoms with E-state index in [4.69, 9.17) is 5.73 Å². The van der Waals surface area contributed by atoms with Crippen molar-refractivity contribution in [1.29, 1.82) is 0 Å². The van der Waals surface area contributed by atoms with Crippen LogP contribution in [0.1, 0.15) is 29.6 Å². The molecule has 3 heterocycles. The van der Waals surface area contributed by atoms with E-state index < -0.39 is 11.5 Å². The number of piperidine rings is 1. The van der Waals surface area contributed by atoms with Crippen molar-refractivity contribution in [1.82, 2.24) is 14.9 Å². The van der Waals surface area contributed by atoms with E-state index in [2.05, 4.69) is 15.3 Å². The molecule has 0 saturated carbocycles. The number of likely N-dealkylation sites (tertiary alicyclic amines) is 1. The second kappa shape index (κ2) is 9.27.